The lowest BCUT2D eigenvalue weighted by atomic mass is 9.95. The number of nitrogens with one attached hydrogen (secondary N) is 1. The lowest BCUT2D eigenvalue weighted by molar-refractivity contribution is 0.373. The van der Waals surface area contributed by atoms with Gasteiger partial charge in [0, 0.05) is 6.04 Å². The van der Waals surface area contributed by atoms with Crippen molar-refractivity contribution in [3.8, 4) is 5.75 Å². The molecule has 2 heteroatoms. The lowest BCUT2D eigenvalue weighted by Gasteiger charge is -2.23. The molecule has 0 spiro atoms. The Hall–Kier alpha value is -1.02. The molecule has 0 radical (unpaired) electrons. The molecule has 0 heterocycles. The van der Waals surface area contributed by atoms with Crippen LogP contribution in [0.25, 0.3) is 0 Å². The van der Waals surface area contributed by atoms with Crippen molar-refractivity contribution in [2.45, 2.75) is 44.6 Å². The van der Waals surface area contributed by atoms with Crippen molar-refractivity contribution in [3.63, 3.8) is 0 Å². The zero-order chi connectivity index (χ0) is 11.9. The quantitative estimate of drug-likeness (QED) is 0.843. The first-order valence-electron chi connectivity index (χ1n) is 6.75. The minimum Gasteiger partial charge on any atom is -0.496 e. The van der Waals surface area contributed by atoms with Gasteiger partial charge in [-0.1, -0.05) is 37.5 Å². The van der Waals surface area contributed by atoms with Gasteiger partial charge in [-0.2, -0.15) is 0 Å². The van der Waals surface area contributed by atoms with E-state index in [2.05, 4.69) is 17.4 Å². The third kappa shape index (κ3) is 3.74. The Balaban J connectivity index is 1.77. The molecule has 0 amide bonds. The van der Waals surface area contributed by atoms with Gasteiger partial charge in [0.25, 0.3) is 0 Å². The summed E-state index contributed by atoms with van der Waals surface area (Å²) in [7, 11) is 1.74. The maximum atomic E-state index is 5.36. The van der Waals surface area contributed by atoms with Crippen molar-refractivity contribution in [2.75, 3.05) is 13.7 Å². The third-order valence-electron chi connectivity index (χ3n) is 3.63. The van der Waals surface area contributed by atoms with Crippen molar-refractivity contribution >= 4 is 0 Å². The molecule has 1 aliphatic rings. The van der Waals surface area contributed by atoms with Crippen LogP contribution in [-0.2, 0) is 6.42 Å². The second-order valence-electron chi connectivity index (χ2n) is 4.85. The van der Waals surface area contributed by atoms with Crippen LogP contribution in [0, 0.1) is 0 Å². The molecule has 0 atom stereocenters. The molecular formula is C15H23NO. The average molecular weight is 233 g/mol. The largest absolute Gasteiger partial charge is 0.496 e. The second kappa shape index (κ2) is 6.65. The third-order valence-corrected chi connectivity index (χ3v) is 3.63. The van der Waals surface area contributed by atoms with Crippen molar-refractivity contribution in [1.82, 2.24) is 5.32 Å². The Bertz CT molecular complexity index is 331. The van der Waals surface area contributed by atoms with Gasteiger partial charge in [-0.3, -0.25) is 0 Å². The van der Waals surface area contributed by atoms with E-state index in [1.165, 1.54) is 37.7 Å². The summed E-state index contributed by atoms with van der Waals surface area (Å²) in [4.78, 5) is 0. The molecule has 2 nitrogen and oxygen atoms in total. The topological polar surface area (TPSA) is 21.3 Å². The molecule has 0 saturated heterocycles. The van der Waals surface area contributed by atoms with Crippen LogP contribution in [0.1, 0.15) is 37.7 Å². The van der Waals surface area contributed by atoms with Gasteiger partial charge in [0.15, 0.2) is 0 Å². The van der Waals surface area contributed by atoms with Crippen LogP contribution in [-0.4, -0.2) is 19.7 Å². The van der Waals surface area contributed by atoms with Crippen molar-refractivity contribution in [1.29, 1.82) is 0 Å². The molecule has 1 N–H and O–H groups in total. The summed E-state index contributed by atoms with van der Waals surface area (Å²) >= 11 is 0. The smallest absolute Gasteiger partial charge is 0.122 e. The highest BCUT2D eigenvalue weighted by molar-refractivity contribution is 5.33. The summed E-state index contributed by atoms with van der Waals surface area (Å²) in [5, 5.41) is 3.67. The fourth-order valence-electron chi connectivity index (χ4n) is 2.63. The highest BCUT2D eigenvalue weighted by atomic mass is 16.5. The summed E-state index contributed by atoms with van der Waals surface area (Å²) < 4.78 is 5.36. The fraction of sp³-hybridized carbons (Fsp3) is 0.600. The van der Waals surface area contributed by atoms with Crippen molar-refractivity contribution in [2.24, 2.45) is 0 Å². The summed E-state index contributed by atoms with van der Waals surface area (Å²) in [5.41, 5.74) is 1.30. The second-order valence-corrected chi connectivity index (χ2v) is 4.85. The molecule has 1 fully saturated rings. The van der Waals surface area contributed by atoms with Gasteiger partial charge in [0.2, 0.25) is 0 Å². The molecule has 0 unspecified atom stereocenters. The zero-order valence-corrected chi connectivity index (χ0v) is 10.7. The van der Waals surface area contributed by atoms with Crippen LogP contribution in [0.15, 0.2) is 24.3 Å². The first-order valence-corrected chi connectivity index (χ1v) is 6.75. The molecule has 1 aromatic rings. The van der Waals surface area contributed by atoms with Gasteiger partial charge >= 0.3 is 0 Å². The Morgan fingerprint density at radius 1 is 1.18 bits per heavy atom. The van der Waals surface area contributed by atoms with Crippen LogP contribution in [0.4, 0.5) is 0 Å². The van der Waals surface area contributed by atoms with E-state index in [0.717, 1.165) is 24.8 Å². The summed E-state index contributed by atoms with van der Waals surface area (Å²) in [6.45, 7) is 1.06. The normalized spacial score (nSPS) is 17.0. The Morgan fingerprint density at radius 3 is 2.71 bits per heavy atom. The van der Waals surface area contributed by atoms with Gasteiger partial charge in [0.05, 0.1) is 7.11 Å². The zero-order valence-electron chi connectivity index (χ0n) is 10.7. The number of methoxy groups -OCH3 is 1. The highest BCUT2D eigenvalue weighted by Gasteiger charge is 2.12. The number of hydrogen-bond donors (Lipinski definition) is 1. The molecule has 0 aliphatic heterocycles. The number of hydrogen-bond acceptors (Lipinski definition) is 2. The number of ether oxygens (including phenoxy) is 1. The standard InChI is InChI=1S/C15H23NO/c1-17-15-10-6-5-7-13(15)11-12-16-14-8-3-2-4-9-14/h5-7,10,14,16H,2-4,8-9,11-12H2,1H3. The molecule has 94 valence electrons. The van der Waals surface area contributed by atoms with Crippen LogP contribution in [0.5, 0.6) is 5.75 Å². The van der Waals surface area contributed by atoms with E-state index in [1.807, 2.05) is 12.1 Å². The van der Waals surface area contributed by atoms with Gasteiger partial charge in [-0.25, -0.2) is 0 Å². The highest BCUT2D eigenvalue weighted by Crippen LogP contribution is 2.19. The van der Waals surface area contributed by atoms with E-state index < -0.39 is 0 Å². The molecule has 0 aromatic heterocycles. The number of benzene rings is 1. The summed E-state index contributed by atoms with van der Waals surface area (Å²) in [6.07, 6.45) is 7.97. The molecule has 1 aliphatic carbocycles. The van der Waals surface area contributed by atoms with E-state index in [-0.39, 0.29) is 0 Å². The molecule has 1 aromatic carbocycles. The first-order chi connectivity index (χ1) is 8.40. The Labute approximate surface area is 104 Å². The monoisotopic (exact) mass is 233 g/mol. The van der Waals surface area contributed by atoms with Gasteiger partial charge < -0.3 is 10.1 Å². The lowest BCUT2D eigenvalue weighted by Crippen LogP contribution is -2.32. The molecule has 0 bridgehead atoms. The number of para-hydroxylation sites is 1. The predicted octanol–water partition coefficient (Wildman–Crippen LogP) is 3.16. The Kier molecular flexibility index (Phi) is 4.87. The average Bonchev–Trinajstić information content (AvgIpc) is 2.40. The van der Waals surface area contributed by atoms with Crippen molar-refractivity contribution in [3.05, 3.63) is 29.8 Å². The van der Waals surface area contributed by atoms with Gasteiger partial charge in [-0.15, -0.1) is 0 Å². The minimum absolute atomic E-state index is 0.749. The minimum atomic E-state index is 0.749. The van der Waals surface area contributed by atoms with Crippen LogP contribution >= 0.6 is 0 Å². The summed E-state index contributed by atoms with van der Waals surface area (Å²) in [6, 6.07) is 9.05. The first kappa shape index (κ1) is 12.4. The van der Waals surface area contributed by atoms with Gasteiger partial charge in [0.1, 0.15) is 5.75 Å². The Morgan fingerprint density at radius 2 is 1.94 bits per heavy atom. The fourth-order valence-corrected chi connectivity index (χ4v) is 2.63. The SMILES string of the molecule is COc1ccccc1CCNC1CCCCC1. The molecular weight excluding hydrogens is 210 g/mol. The van der Waals surface area contributed by atoms with Crippen LogP contribution in [0.3, 0.4) is 0 Å². The van der Waals surface area contributed by atoms with Gasteiger partial charge in [-0.05, 0) is 37.4 Å². The van der Waals surface area contributed by atoms with E-state index in [0.29, 0.717) is 0 Å². The van der Waals surface area contributed by atoms with E-state index in [9.17, 15) is 0 Å². The molecule has 2 rings (SSSR count). The van der Waals surface area contributed by atoms with Crippen LogP contribution in [0.2, 0.25) is 0 Å². The predicted molar refractivity (Wildman–Crippen MR) is 71.6 cm³/mol. The molecule has 1 saturated carbocycles. The van der Waals surface area contributed by atoms with E-state index >= 15 is 0 Å². The number of rotatable bonds is 5. The van der Waals surface area contributed by atoms with E-state index in [1.54, 1.807) is 7.11 Å². The maximum absolute atomic E-state index is 5.36. The van der Waals surface area contributed by atoms with Crippen LogP contribution < -0.4 is 10.1 Å². The summed E-state index contributed by atoms with van der Waals surface area (Å²) in [5.74, 6) is 1.01. The maximum Gasteiger partial charge on any atom is 0.122 e. The molecule has 17 heavy (non-hydrogen) atoms. The van der Waals surface area contributed by atoms with Crippen molar-refractivity contribution < 1.29 is 4.74 Å². The van der Waals surface area contributed by atoms with E-state index in [4.69, 9.17) is 4.74 Å².